The van der Waals surface area contributed by atoms with Crippen LogP contribution in [0.4, 0.5) is 4.79 Å². The highest BCUT2D eigenvalue weighted by Gasteiger charge is 2.49. The van der Waals surface area contributed by atoms with E-state index in [9.17, 15) is 9.59 Å². The monoisotopic (exact) mass is 297 g/mol. The molecule has 2 rings (SSSR count). The Labute approximate surface area is 108 Å². The average molecular weight is 298 g/mol. The normalized spacial score (nSPS) is 24.0. The van der Waals surface area contributed by atoms with Gasteiger partial charge in [-0.2, -0.15) is 0 Å². The lowest BCUT2D eigenvalue weighted by Gasteiger charge is -2.16. The maximum atomic E-state index is 12.0. The van der Waals surface area contributed by atoms with E-state index in [2.05, 4.69) is 15.9 Å². The number of carbonyl (C=O) groups excluding carboxylic acids is 2. The zero-order valence-corrected chi connectivity index (χ0v) is 10.9. The summed E-state index contributed by atoms with van der Waals surface area (Å²) in [5, 5.41) is 0.301. The number of carbonyl (C=O) groups is 2. The van der Waals surface area contributed by atoms with Crippen LogP contribution in [0.25, 0.3) is 0 Å². The van der Waals surface area contributed by atoms with E-state index in [1.807, 2.05) is 30.3 Å². The van der Waals surface area contributed by atoms with E-state index < -0.39 is 11.7 Å². The minimum absolute atomic E-state index is 0.251. The van der Waals surface area contributed by atoms with Crippen LogP contribution in [-0.2, 0) is 16.1 Å². The van der Waals surface area contributed by atoms with Crippen molar-refractivity contribution in [1.29, 1.82) is 0 Å². The third-order valence-corrected chi connectivity index (χ3v) is 3.74. The number of ether oxygens (including phenoxy) is 1. The zero-order valence-electron chi connectivity index (χ0n) is 9.35. The van der Waals surface area contributed by atoms with Gasteiger partial charge in [0.25, 0.3) is 5.91 Å². The van der Waals surface area contributed by atoms with Gasteiger partial charge >= 0.3 is 6.09 Å². The number of nitrogens with zero attached hydrogens (tertiary/aromatic N) is 1. The summed E-state index contributed by atoms with van der Waals surface area (Å²) in [7, 11) is 0. The number of cyclic esters (lactones) is 1. The predicted octanol–water partition coefficient (Wildman–Crippen LogP) is 2.32. The molecule has 0 N–H and O–H groups in total. The predicted molar refractivity (Wildman–Crippen MR) is 65.7 cm³/mol. The first-order valence-electron chi connectivity index (χ1n) is 5.21. The first-order valence-corrected chi connectivity index (χ1v) is 6.34. The molecule has 1 heterocycles. The van der Waals surface area contributed by atoms with E-state index in [4.69, 9.17) is 4.74 Å². The van der Waals surface area contributed by atoms with Gasteiger partial charge in [-0.1, -0.05) is 46.3 Å². The third-order valence-electron chi connectivity index (χ3n) is 2.67. The Balaban J connectivity index is 2.18. The van der Waals surface area contributed by atoms with Gasteiger partial charge in [-0.05, 0) is 12.5 Å². The summed E-state index contributed by atoms with van der Waals surface area (Å²) >= 11 is 3.19. The highest BCUT2D eigenvalue weighted by atomic mass is 79.9. The quantitative estimate of drug-likeness (QED) is 0.805. The highest BCUT2D eigenvalue weighted by Crippen LogP contribution is 2.27. The van der Waals surface area contributed by atoms with Gasteiger partial charge in [-0.25, -0.2) is 9.69 Å². The van der Waals surface area contributed by atoms with E-state index in [0.29, 0.717) is 5.33 Å². The van der Waals surface area contributed by atoms with Gasteiger partial charge in [-0.15, -0.1) is 0 Å². The fourth-order valence-corrected chi connectivity index (χ4v) is 2.00. The molecule has 0 radical (unpaired) electrons. The van der Waals surface area contributed by atoms with Crippen LogP contribution in [0.15, 0.2) is 30.3 Å². The SMILES string of the molecule is C[C@]1(CBr)OC(=O)N(Cc2ccccc2)C1=O. The summed E-state index contributed by atoms with van der Waals surface area (Å²) in [6, 6.07) is 9.35. The van der Waals surface area contributed by atoms with Crippen LogP contribution in [0, 0.1) is 0 Å². The molecule has 1 atom stereocenters. The molecule has 2 amide bonds. The molecular formula is C12H12BrNO3. The average Bonchev–Trinajstić information content (AvgIpc) is 2.55. The van der Waals surface area contributed by atoms with Gasteiger partial charge in [0.15, 0.2) is 5.60 Å². The van der Waals surface area contributed by atoms with Crippen LogP contribution in [0.3, 0.4) is 0 Å². The molecule has 0 unspecified atom stereocenters. The fourth-order valence-electron chi connectivity index (χ4n) is 1.65. The number of hydrogen-bond acceptors (Lipinski definition) is 3. The van der Waals surface area contributed by atoms with E-state index in [1.54, 1.807) is 6.92 Å². The van der Waals surface area contributed by atoms with Crippen molar-refractivity contribution in [2.24, 2.45) is 0 Å². The van der Waals surface area contributed by atoms with Gasteiger partial charge in [-0.3, -0.25) is 4.79 Å². The Morgan fingerprint density at radius 3 is 2.47 bits per heavy atom. The summed E-state index contributed by atoms with van der Waals surface area (Å²) < 4.78 is 5.09. The Kier molecular flexibility index (Phi) is 3.19. The summed E-state index contributed by atoms with van der Waals surface area (Å²) in [4.78, 5) is 24.8. The minimum atomic E-state index is -1.08. The van der Waals surface area contributed by atoms with Crippen molar-refractivity contribution in [3.8, 4) is 0 Å². The van der Waals surface area contributed by atoms with Gasteiger partial charge in [0.1, 0.15) is 0 Å². The molecule has 1 aromatic carbocycles. The third kappa shape index (κ3) is 2.20. The number of imide groups is 1. The molecule has 1 aromatic rings. The molecular weight excluding hydrogens is 286 g/mol. The summed E-state index contributed by atoms with van der Waals surface area (Å²) in [6.07, 6.45) is -0.583. The molecule has 0 aliphatic carbocycles. The van der Waals surface area contributed by atoms with E-state index >= 15 is 0 Å². The second kappa shape index (κ2) is 4.49. The molecule has 0 bridgehead atoms. The van der Waals surface area contributed by atoms with Crippen molar-refractivity contribution in [2.75, 3.05) is 5.33 Å². The molecule has 1 fully saturated rings. The summed E-state index contributed by atoms with van der Waals surface area (Å²) in [5.41, 5.74) is -0.178. The Morgan fingerprint density at radius 1 is 1.29 bits per heavy atom. The molecule has 4 nitrogen and oxygen atoms in total. The van der Waals surface area contributed by atoms with Crippen LogP contribution in [0.2, 0.25) is 0 Å². The Hall–Kier alpha value is -1.36. The van der Waals surface area contributed by atoms with Crippen molar-refractivity contribution in [2.45, 2.75) is 19.1 Å². The van der Waals surface area contributed by atoms with Crippen molar-refractivity contribution >= 4 is 27.9 Å². The maximum absolute atomic E-state index is 12.0. The largest absolute Gasteiger partial charge is 0.432 e. The fraction of sp³-hybridized carbons (Fsp3) is 0.333. The van der Waals surface area contributed by atoms with Gasteiger partial charge in [0, 0.05) is 0 Å². The van der Waals surface area contributed by atoms with E-state index in [1.165, 1.54) is 0 Å². The second-order valence-electron chi connectivity index (χ2n) is 4.11. The molecule has 0 saturated carbocycles. The molecule has 0 spiro atoms. The van der Waals surface area contributed by atoms with Crippen molar-refractivity contribution in [3.63, 3.8) is 0 Å². The molecule has 17 heavy (non-hydrogen) atoms. The molecule has 1 aliphatic rings. The minimum Gasteiger partial charge on any atom is -0.432 e. The first kappa shape index (κ1) is 12.1. The van der Waals surface area contributed by atoms with Crippen molar-refractivity contribution in [1.82, 2.24) is 4.90 Å². The van der Waals surface area contributed by atoms with E-state index in [-0.39, 0.29) is 12.5 Å². The molecule has 1 aliphatic heterocycles. The Morgan fingerprint density at radius 2 is 1.94 bits per heavy atom. The summed E-state index contributed by atoms with van der Waals surface area (Å²) in [5.74, 6) is -0.303. The molecule has 0 aromatic heterocycles. The molecule has 1 saturated heterocycles. The number of halogens is 1. The first-order chi connectivity index (χ1) is 8.07. The van der Waals surface area contributed by atoms with Crippen molar-refractivity contribution in [3.05, 3.63) is 35.9 Å². The zero-order chi connectivity index (χ0) is 12.5. The van der Waals surface area contributed by atoms with Crippen LogP contribution >= 0.6 is 15.9 Å². The molecule has 90 valence electrons. The van der Waals surface area contributed by atoms with Crippen molar-refractivity contribution < 1.29 is 14.3 Å². The van der Waals surface area contributed by atoms with Crippen LogP contribution in [0.1, 0.15) is 12.5 Å². The lowest BCUT2D eigenvalue weighted by molar-refractivity contribution is -0.134. The van der Waals surface area contributed by atoms with Gasteiger partial charge in [0.05, 0.1) is 11.9 Å². The van der Waals surface area contributed by atoms with Crippen LogP contribution in [0.5, 0.6) is 0 Å². The topological polar surface area (TPSA) is 46.6 Å². The number of hydrogen-bond donors (Lipinski definition) is 0. The number of amides is 2. The van der Waals surface area contributed by atoms with E-state index in [0.717, 1.165) is 10.5 Å². The smallest absolute Gasteiger partial charge is 0.418 e. The molecule has 5 heteroatoms. The summed E-state index contributed by atoms with van der Waals surface area (Å²) in [6.45, 7) is 1.86. The number of benzene rings is 1. The highest BCUT2D eigenvalue weighted by molar-refractivity contribution is 9.09. The maximum Gasteiger partial charge on any atom is 0.418 e. The standard InChI is InChI=1S/C12H12BrNO3/c1-12(8-13)10(15)14(11(16)17-12)7-9-5-3-2-4-6-9/h2-6H,7-8H2,1H3/t12-/m1/s1. The number of rotatable bonds is 3. The lowest BCUT2D eigenvalue weighted by atomic mass is 10.1. The van der Waals surface area contributed by atoms with Crippen LogP contribution in [-0.4, -0.2) is 27.8 Å². The Bertz CT molecular complexity index is 448. The van der Waals surface area contributed by atoms with Gasteiger partial charge < -0.3 is 4.74 Å². The van der Waals surface area contributed by atoms with Gasteiger partial charge in [0.2, 0.25) is 0 Å². The lowest BCUT2D eigenvalue weighted by Crippen LogP contribution is -2.39. The van der Waals surface area contributed by atoms with Crippen LogP contribution < -0.4 is 0 Å². The number of alkyl halides is 1. The second-order valence-corrected chi connectivity index (χ2v) is 4.67.